The molecule has 4 bridgehead atoms. The topological polar surface area (TPSA) is 63.6 Å². The molecule has 4 rings (SSSR count). The van der Waals surface area contributed by atoms with Gasteiger partial charge < -0.3 is 9.84 Å². The first-order chi connectivity index (χ1) is 9.08. The normalized spacial score (nSPS) is 41.0. The highest BCUT2D eigenvalue weighted by molar-refractivity contribution is 5.79. The third kappa shape index (κ3) is 2.26. The highest BCUT2D eigenvalue weighted by Crippen LogP contribution is 2.58. The van der Waals surface area contributed by atoms with E-state index >= 15 is 0 Å². The second kappa shape index (κ2) is 4.80. The van der Waals surface area contributed by atoms with Crippen LogP contribution in [0.2, 0.25) is 0 Å². The van der Waals surface area contributed by atoms with Crippen LogP contribution in [0.15, 0.2) is 0 Å². The molecule has 0 radical (unpaired) electrons. The van der Waals surface area contributed by atoms with E-state index in [1.807, 2.05) is 0 Å². The molecule has 4 fully saturated rings. The Balaban J connectivity index is 1.81. The number of hydrogen-bond acceptors (Lipinski definition) is 3. The zero-order valence-electron chi connectivity index (χ0n) is 11.4. The van der Waals surface area contributed by atoms with Crippen LogP contribution >= 0.6 is 0 Å². The van der Waals surface area contributed by atoms with Crippen molar-refractivity contribution in [3.8, 4) is 0 Å². The molecule has 0 heterocycles. The maximum Gasteiger partial charge on any atom is 0.309 e. The van der Waals surface area contributed by atoms with Crippen LogP contribution in [0, 0.1) is 35.5 Å². The maximum absolute atomic E-state index is 12.0. The fraction of sp³-hybridized carbons (Fsp3) is 0.867. The quantitative estimate of drug-likeness (QED) is 0.793. The molecule has 4 nitrogen and oxygen atoms in total. The number of carbonyl (C=O) groups excluding carboxylic acids is 1. The highest BCUT2D eigenvalue weighted by Gasteiger charge is 2.52. The average molecular weight is 266 g/mol. The standard InChI is InChI=1S/C15H22O4/c1-19-15(18)12(7-13(16)17)14-10-3-8-2-9(5-10)6-11(14)4-8/h8-12,14H,2-7H2,1H3,(H,16,17). The summed E-state index contributed by atoms with van der Waals surface area (Å²) >= 11 is 0. The van der Waals surface area contributed by atoms with Crippen molar-refractivity contribution in [1.29, 1.82) is 0 Å². The largest absolute Gasteiger partial charge is 0.481 e. The van der Waals surface area contributed by atoms with Crippen molar-refractivity contribution in [3.05, 3.63) is 0 Å². The summed E-state index contributed by atoms with van der Waals surface area (Å²) in [5.41, 5.74) is 0. The number of esters is 1. The maximum atomic E-state index is 12.0. The number of carboxylic acid groups (broad SMARTS) is 1. The number of carboxylic acids is 1. The number of rotatable bonds is 4. The number of hydrogen-bond donors (Lipinski definition) is 1. The van der Waals surface area contributed by atoms with Gasteiger partial charge in [0.2, 0.25) is 0 Å². The van der Waals surface area contributed by atoms with E-state index in [9.17, 15) is 9.59 Å². The van der Waals surface area contributed by atoms with E-state index in [0.29, 0.717) is 11.8 Å². The van der Waals surface area contributed by atoms with Crippen LogP contribution in [0.3, 0.4) is 0 Å². The number of carbonyl (C=O) groups is 2. The fourth-order valence-corrected chi connectivity index (χ4v) is 5.34. The van der Waals surface area contributed by atoms with Gasteiger partial charge in [-0.05, 0) is 61.7 Å². The minimum atomic E-state index is -0.885. The first-order valence-electron chi connectivity index (χ1n) is 7.38. The van der Waals surface area contributed by atoms with Crippen LogP contribution in [-0.4, -0.2) is 24.2 Å². The third-order valence-electron chi connectivity index (χ3n) is 5.66. The number of aliphatic carboxylic acids is 1. The van der Waals surface area contributed by atoms with Gasteiger partial charge in [-0.15, -0.1) is 0 Å². The molecule has 106 valence electrons. The Morgan fingerprint density at radius 1 is 1.11 bits per heavy atom. The van der Waals surface area contributed by atoms with Gasteiger partial charge in [-0.3, -0.25) is 9.59 Å². The molecule has 0 aromatic carbocycles. The van der Waals surface area contributed by atoms with Crippen LogP contribution < -0.4 is 0 Å². The SMILES string of the molecule is COC(=O)C(CC(=O)O)C1C2CC3CC(C2)CC1C3. The van der Waals surface area contributed by atoms with Gasteiger partial charge in [0.05, 0.1) is 19.4 Å². The number of methoxy groups -OCH3 is 1. The molecular formula is C15H22O4. The van der Waals surface area contributed by atoms with Crippen LogP contribution in [-0.2, 0) is 14.3 Å². The van der Waals surface area contributed by atoms with Crippen molar-refractivity contribution in [1.82, 2.24) is 0 Å². The van der Waals surface area contributed by atoms with E-state index in [1.54, 1.807) is 0 Å². The summed E-state index contributed by atoms with van der Waals surface area (Å²) in [5, 5.41) is 9.08. The van der Waals surface area contributed by atoms with Crippen molar-refractivity contribution in [2.24, 2.45) is 35.5 Å². The summed E-state index contributed by atoms with van der Waals surface area (Å²) in [5.74, 6) is 1.39. The molecule has 4 saturated carbocycles. The van der Waals surface area contributed by atoms with Crippen molar-refractivity contribution < 1.29 is 19.4 Å². The Labute approximate surface area is 113 Å². The van der Waals surface area contributed by atoms with Crippen molar-refractivity contribution in [3.63, 3.8) is 0 Å². The van der Waals surface area contributed by atoms with E-state index < -0.39 is 11.9 Å². The molecule has 0 aliphatic heterocycles. The first-order valence-corrected chi connectivity index (χ1v) is 7.38. The molecule has 4 heteroatoms. The smallest absolute Gasteiger partial charge is 0.309 e. The first kappa shape index (κ1) is 12.9. The van der Waals surface area contributed by atoms with Gasteiger partial charge in [0.15, 0.2) is 0 Å². The lowest BCUT2D eigenvalue weighted by Crippen LogP contribution is -2.49. The zero-order chi connectivity index (χ0) is 13.6. The second-order valence-electron chi connectivity index (χ2n) is 6.74. The van der Waals surface area contributed by atoms with Crippen molar-refractivity contribution in [2.75, 3.05) is 7.11 Å². The van der Waals surface area contributed by atoms with Gasteiger partial charge in [-0.1, -0.05) is 0 Å². The predicted octanol–water partition coefficient (Wildman–Crippen LogP) is 2.32. The molecule has 0 aromatic heterocycles. The molecule has 4 aliphatic rings. The second-order valence-corrected chi connectivity index (χ2v) is 6.74. The Morgan fingerprint density at radius 2 is 1.63 bits per heavy atom. The number of ether oxygens (including phenoxy) is 1. The molecular weight excluding hydrogens is 244 g/mol. The Morgan fingerprint density at radius 3 is 2.05 bits per heavy atom. The van der Waals surface area contributed by atoms with Crippen LogP contribution in [0.4, 0.5) is 0 Å². The molecule has 4 aliphatic carbocycles. The molecule has 0 amide bonds. The van der Waals surface area contributed by atoms with Crippen LogP contribution in [0.1, 0.15) is 38.5 Å². The molecule has 1 N–H and O–H groups in total. The molecule has 0 saturated heterocycles. The van der Waals surface area contributed by atoms with E-state index in [-0.39, 0.29) is 18.3 Å². The Bertz CT molecular complexity index is 362. The summed E-state index contributed by atoms with van der Waals surface area (Å²) in [6, 6.07) is 0. The summed E-state index contributed by atoms with van der Waals surface area (Å²) in [6.45, 7) is 0. The lowest BCUT2D eigenvalue weighted by Gasteiger charge is -2.55. The Hall–Kier alpha value is -1.06. The van der Waals surface area contributed by atoms with Gasteiger partial charge in [0.1, 0.15) is 0 Å². The molecule has 1 unspecified atom stereocenters. The van der Waals surface area contributed by atoms with E-state index in [0.717, 1.165) is 11.8 Å². The summed E-state index contributed by atoms with van der Waals surface area (Å²) < 4.78 is 4.87. The van der Waals surface area contributed by atoms with Gasteiger partial charge in [0.25, 0.3) is 0 Å². The van der Waals surface area contributed by atoms with Crippen LogP contribution in [0.25, 0.3) is 0 Å². The monoisotopic (exact) mass is 266 g/mol. The summed E-state index contributed by atoms with van der Waals surface area (Å²) in [4.78, 5) is 23.0. The third-order valence-corrected chi connectivity index (χ3v) is 5.66. The fourth-order valence-electron chi connectivity index (χ4n) is 5.34. The predicted molar refractivity (Wildman–Crippen MR) is 68.3 cm³/mol. The van der Waals surface area contributed by atoms with Crippen LogP contribution in [0.5, 0.6) is 0 Å². The minimum absolute atomic E-state index is 0.0698. The molecule has 19 heavy (non-hydrogen) atoms. The van der Waals surface area contributed by atoms with Crippen molar-refractivity contribution in [2.45, 2.75) is 38.5 Å². The summed E-state index contributed by atoms with van der Waals surface area (Å²) in [7, 11) is 1.37. The average Bonchev–Trinajstić information content (AvgIpc) is 2.34. The highest BCUT2D eigenvalue weighted by atomic mass is 16.5. The molecule has 1 atom stereocenters. The zero-order valence-corrected chi connectivity index (χ0v) is 11.4. The lowest BCUT2D eigenvalue weighted by molar-refractivity contribution is -0.160. The molecule has 0 aromatic rings. The minimum Gasteiger partial charge on any atom is -0.481 e. The van der Waals surface area contributed by atoms with Crippen molar-refractivity contribution >= 4 is 11.9 Å². The summed E-state index contributed by atoms with van der Waals surface area (Å²) in [6.07, 6.45) is 6.09. The van der Waals surface area contributed by atoms with E-state index in [1.165, 1.54) is 39.2 Å². The van der Waals surface area contributed by atoms with E-state index in [2.05, 4.69) is 0 Å². The van der Waals surface area contributed by atoms with Gasteiger partial charge in [-0.2, -0.15) is 0 Å². The Kier molecular flexibility index (Phi) is 3.27. The van der Waals surface area contributed by atoms with Gasteiger partial charge >= 0.3 is 11.9 Å². The molecule has 0 spiro atoms. The van der Waals surface area contributed by atoms with E-state index in [4.69, 9.17) is 9.84 Å². The lowest BCUT2D eigenvalue weighted by atomic mass is 9.49. The van der Waals surface area contributed by atoms with Gasteiger partial charge in [0, 0.05) is 0 Å². The van der Waals surface area contributed by atoms with Gasteiger partial charge in [-0.25, -0.2) is 0 Å².